The standard InChI is InChI=1S/C27H35FN2O/c1-20(2)30(27(31)23-10-6-7-11-23)18-24-17-29(16-21-8-4-3-5-9-21)19-26(24)22-12-14-25(28)15-13-22/h3-5,8-9,12-15,20,23-24,26H,6-7,10-11,16-19H2,1-2H3. The molecular formula is C27H35FN2O. The van der Waals surface area contributed by atoms with Crippen molar-refractivity contribution in [2.24, 2.45) is 11.8 Å². The van der Waals surface area contributed by atoms with E-state index in [4.69, 9.17) is 0 Å². The minimum Gasteiger partial charge on any atom is -0.340 e. The number of carbonyl (C=O) groups excluding carboxylic acids is 1. The number of carbonyl (C=O) groups is 1. The zero-order valence-electron chi connectivity index (χ0n) is 18.8. The van der Waals surface area contributed by atoms with Crippen LogP contribution in [0.25, 0.3) is 0 Å². The zero-order valence-corrected chi connectivity index (χ0v) is 18.8. The van der Waals surface area contributed by atoms with Crippen molar-refractivity contribution in [3.8, 4) is 0 Å². The van der Waals surface area contributed by atoms with E-state index >= 15 is 0 Å². The molecular weight excluding hydrogens is 387 g/mol. The number of halogens is 1. The number of benzene rings is 2. The van der Waals surface area contributed by atoms with E-state index in [1.807, 2.05) is 18.2 Å². The van der Waals surface area contributed by atoms with Gasteiger partial charge in [-0.25, -0.2) is 4.39 Å². The average molecular weight is 423 g/mol. The molecule has 1 saturated heterocycles. The van der Waals surface area contributed by atoms with Crippen molar-refractivity contribution in [3.05, 3.63) is 71.5 Å². The third-order valence-corrected chi connectivity index (χ3v) is 7.11. The Morgan fingerprint density at radius 2 is 1.71 bits per heavy atom. The van der Waals surface area contributed by atoms with Crippen LogP contribution in [0.15, 0.2) is 54.6 Å². The van der Waals surface area contributed by atoms with Crippen LogP contribution in [0.5, 0.6) is 0 Å². The van der Waals surface area contributed by atoms with Crippen LogP contribution in [0.3, 0.4) is 0 Å². The van der Waals surface area contributed by atoms with Gasteiger partial charge in [-0.15, -0.1) is 0 Å². The first-order chi connectivity index (χ1) is 15.0. The monoisotopic (exact) mass is 422 g/mol. The molecule has 2 aliphatic rings. The van der Waals surface area contributed by atoms with Gasteiger partial charge in [0.1, 0.15) is 5.82 Å². The highest BCUT2D eigenvalue weighted by Crippen LogP contribution is 2.36. The van der Waals surface area contributed by atoms with Crippen molar-refractivity contribution < 1.29 is 9.18 Å². The number of amides is 1. The van der Waals surface area contributed by atoms with Crippen LogP contribution < -0.4 is 0 Å². The maximum Gasteiger partial charge on any atom is 0.225 e. The Labute approximate surface area is 186 Å². The summed E-state index contributed by atoms with van der Waals surface area (Å²) in [5, 5.41) is 0. The van der Waals surface area contributed by atoms with Gasteiger partial charge in [0.05, 0.1) is 0 Å². The first kappa shape index (κ1) is 22.0. The summed E-state index contributed by atoms with van der Waals surface area (Å²) >= 11 is 0. The Hall–Kier alpha value is -2.20. The molecule has 2 unspecified atom stereocenters. The van der Waals surface area contributed by atoms with Crippen LogP contribution in [0.2, 0.25) is 0 Å². The lowest BCUT2D eigenvalue weighted by molar-refractivity contribution is -0.137. The number of rotatable bonds is 7. The fourth-order valence-corrected chi connectivity index (χ4v) is 5.42. The molecule has 3 nitrogen and oxygen atoms in total. The Kier molecular flexibility index (Phi) is 7.06. The van der Waals surface area contributed by atoms with E-state index in [-0.39, 0.29) is 17.8 Å². The molecule has 0 N–H and O–H groups in total. The number of nitrogens with zero attached hydrogens (tertiary/aromatic N) is 2. The third kappa shape index (κ3) is 5.35. The summed E-state index contributed by atoms with van der Waals surface area (Å²) in [7, 11) is 0. The van der Waals surface area contributed by atoms with Gasteiger partial charge in [-0.3, -0.25) is 9.69 Å². The van der Waals surface area contributed by atoms with Gasteiger partial charge in [-0.05, 0) is 55.9 Å². The predicted octanol–water partition coefficient (Wildman–Crippen LogP) is 5.47. The fraction of sp³-hybridized carbons (Fsp3) is 0.519. The van der Waals surface area contributed by atoms with Crippen molar-refractivity contribution in [1.82, 2.24) is 9.80 Å². The van der Waals surface area contributed by atoms with Gasteiger partial charge in [0, 0.05) is 44.1 Å². The van der Waals surface area contributed by atoms with Crippen molar-refractivity contribution in [1.29, 1.82) is 0 Å². The Morgan fingerprint density at radius 3 is 2.35 bits per heavy atom. The lowest BCUT2D eigenvalue weighted by Gasteiger charge is -2.33. The number of hydrogen-bond donors (Lipinski definition) is 0. The molecule has 1 aliphatic carbocycles. The van der Waals surface area contributed by atoms with Gasteiger partial charge >= 0.3 is 0 Å². The van der Waals surface area contributed by atoms with E-state index in [9.17, 15) is 9.18 Å². The lowest BCUT2D eigenvalue weighted by Crippen LogP contribution is -2.44. The predicted molar refractivity (Wildman–Crippen MR) is 123 cm³/mol. The molecule has 4 rings (SSSR count). The van der Waals surface area contributed by atoms with Crippen LogP contribution in [-0.2, 0) is 11.3 Å². The van der Waals surface area contributed by atoms with Crippen molar-refractivity contribution in [3.63, 3.8) is 0 Å². The van der Waals surface area contributed by atoms with Crippen LogP contribution in [0.1, 0.15) is 56.6 Å². The normalized spacial score (nSPS) is 22.3. The van der Waals surface area contributed by atoms with Crippen molar-refractivity contribution in [2.75, 3.05) is 19.6 Å². The highest BCUT2D eigenvalue weighted by Gasteiger charge is 2.37. The van der Waals surface area contributed by atoms with Crippen LogP contribution in [-0.4, -0.2) is 41.4 Å². The summed E-state index contributed by atoms with van der Waals surface area (Å²) < 4.78 is 13.6. The van der Waals surface area contributed by atoms with Crippen molar-refractivity contribution in [2.45, 2.75) is 58.0 Å². The molecule has 1 heterocycles. The van der Waals surface area contributed by atoms with Gasteiger partial charge in [0.2, 0.25) is 5.91 Å². The summed E-state index contributed by atoms with van der Waals surface area (Å²) in [5.41, 5.74) is 2.49. The first-order valence-electron chi connectivity index (χ1n) is 11.8. The van der Waals surface area contributed by atoms with Crippen molar-refractivity contribution >= 4 is 5.91 Å². The van der Waals surface area contributed by atoms with Gasteiger partial charge in [-0.2, -0.15) is 0 Å². The molecule has 2 aromatic carbocycles. The second-order valence-electron chi connectivity index (χ2n) is 9.66. The minimum absolute atomic E-state index is 0.195. The van der Waals surface area contributed by atoms with E-state index in [0.29, 0.717) is 17.7 Å². The summed E-state index contributed by atoms with van der Waals surface area (Å²) in [5.74, 6) is 1.00. The van der Waals surface area contributed by atoms with E-state index in [2.05, 4.69) is 47.9 Å². The molecule has 0 spiro atoms. The molecule has 4 heteroatoms. The molecule has 31 heavy (non-hydrogen) atoms. The molecule has 0 radical (unpaired) electrons. The number of hydrogen-bond acceptors (Lipinski definition) is 2. The molecule has 166 valence electrons. The van der Waals surface area contributed by atoms with Gasteiger partial charge in [0.15, 0.2) is 0 Å². The molecule has 1 aliphatic heterocycles. The summed E-state index contributed by atoms with van der Waals surface area (Å²) in [6.45, 7) is 7.85. The molecule has 0 aromatic heterocycles. The first-order valence-corrected chi connectivity index (χ1v) is 11.8. The molecule has 0 bridgehead atoms. The SMILES string of the molecule is CC(C)N(CC1CN(Cc2ccccc2)CC1c1ccc(F)cc1)C(=O)C1CCCC1. The Balaban J connectivity index is 1.53. The van der Waals surface area contributed by atoms with Gasteiger partial charge < -0.3 is 4.90 Å². The second-order valence-corrected chi connectivity index (χ2v) is 9.66. The zero-order chi connectivity index (χ0) is 21.8. The van der Waals surface area contributed by atoms with Crippen LogP contribution in [0, 0.1) is 17.7 Å². The van der Waals surface area contributed by atoms with E-state index in [1.165, 1.54) is 24.0 Å². The highest BCUT2D eigenvalue weighted by atomic mass is 19.1. The Bertz CT molecular complexity index is 845. The number of likely N-dealkylation sites (tertiary alicyclic amines) is 1. The van der Waals surface area contributed by atoms with E-state index < -0.39 is 0 Å². The molecule has 2 atom stereocenters. The topological polar surface area (TPSA) is 23.6 Å². The largest absolute Gasteiger partial charge is 0.340 e. The lowest BCUT2D eigenvalue weighted by atomic mass is 9.88. The maximum absolute atomic E-state index is 13.6. The molecule has 2 fully saturated rings. The minimum atomic E-state index is -0.195. The summed E-state index contributed by atoms with van der Waals surface area (Å²) in [4.78, 5) is 17.9. The second kappa shape index (κ2) is 9.95. The molecule has 1 amide bonds. The highest BCUT2D eigenvalue weighted by molar-refractivity contribution is 5.79. The maximum atomic E-state index is 13.6. The Morgan fingerprint density at radius 1 is 1.03 bits per heavy atom. The van der Waals surface area contributed by atoms with Gasteiger partial charge in [0.25, 0.3) is 0 Å². The third-order valence-electron chi connectivity index (χ3n) is 7.11. The molecule has 2 aromatic rings. The fourth-order valence-electron chi connectivity index (χ4n) is 5.42. The van der Waals surface area contributed by atoms with E-state index in [0.717, 1.165) is 39.0 Å². The van der Waals surface area contributed by atoms with Gasteiger partial charge in [-0.1, -0.05) is 55.3 Å². The molecule has 1 saturated carbocycles. The van der Waals surface area contributed by atoms with Crippen LogP contribution >= 0.6 is 0 Å². The average Bonchev–Trinajstić information content (AvgIpc) is 3.43. The van der Waals surface area contributed by atoms with Crippen LogP contribution in [0.4, 0.5) is 4.39 Å². The van der Waals surface area contributed by atoms with E-state index in [1.54, 1.807) is 12.1 Å². The summed E-state index contributed by atoms with van der Waals surface area (Å²) in [6.07, 6.45) is 4.42. The smallest absolute Gasteiger partial charge is 0.225 e. The summed E-state index contributed by atoms with van der Waals surface area (Å²) in [6, 6.07) is 17.7. The quantitative estimate of drug-likeness (QED) is 0.591.